The van der Waals surface area contributed by atoms with E-state index in [1.807, 2.05) is 83.6 Å². The van der Waals surface area contributed by atoms with Crippen LogP contribution >= 0.6 is 0 Å². The highest BCUT2D eigenvalue weighted by atomic mass is 16.5. The molecule has 36 heavy (non-hydrogen) atoms. The second-order valence-electron chi connectivity index (χ2n) is 8.73. The number of aromatic nitrogens is 2. The van der Waals surface area contributed by atoms with Crippen molar-refractivity contribution in [2.75, 3.05) is 6.54 Å². The van der Waals surface area contributed by atoms with Crippen molar-refractivity contribution in [2.24, 2.45) is 5.73 Å². The van der Waals surface area contributed by atoms with Gasteiger partial charge < -0.3 is 20.0 Å². The quantitative estimate of drug-likeness (QED) is 0.306. The van der Waals surface area contributed by atoms with E-state index >= 15 is 0 Å². The molecule has 0 bridgehead atoms. The lowest BCUT2D eigenvalue weighted by Crippen LogP contribution is -2.22. The third-order valence-electron chi connectivity index (χ3n) is 6.53. The zero-order valence-electron chi connectivity index (χ0n) is 19.5. The first kappa shape index (κ1) is 21.9. The lowest BCUT2D eigenvalue weighted by atomic mass is 9.95. The molecule has 0 saturated carbocycles. The van der Waals surface area contributed by atoms with E-state index in [0.717, 1.165) is 27.4 Å². The first-order valence-electron chi connectivity index (χ1n) is 11.8. The van der Waals surface area contributed by atoms with Crippen LogP contribution < -0.4 is 15.8 Å². The van der Waals surface area contributed by atoms with Crippen molar-refractivity contribution < 1.29 is 14.3 Å². The van der Waals surface area contributed by atoms with Gasteiger partial charge >= 0.3 is 0 Å². The average Bonchev–Trinajstić information content (AvgIpc) is 3.56. The minimum absolute atomic E-state index is 0.335. The maximum atomic E-state index is 13.3. The Bertz CT molecular complexity index is 1660. The molecule has 0 unspecified atom stereocenters. The molecule has 7 nitrogen and oxygen atoms in total. The van der Waals surface area contributed by atoms with Crippen LogP contribution in [0.3, 0.4) is 0 Å². The fraction of sp³-hybridized carbons (Fsp3) is 0.103. The van der Waals surface area contributed by atoms with E-state index in [-0.39, 0.29) is 0 Å². The number of H-pyrrole nitrogens is 1. The predicted octanol–water partition coefficient (Wildman–Crippen LogP) is 4.23. The Balaban J connectivity index is 1.57. The first-order chi connectivity index (χ1) is 17.7. The Kier molecular flexibility index (Phi) is 5.39. The van der Waals surface area contributed by atoms with Gasteiger partial charge in [-0.1, -0.05) is 54.6 Å². The molecule has 0 radical (unpaired) electrons. The largest absolute Gasteiger partial charge is 0.488 e. The molecule has 0 fully saturated rings. The maximum Gasteiger partial charge on any atom is 0.259 e. The monoisotopic (exact) mass is 476 g/mol. The van der Waals surface area contributed by atoms with Crippen LogP contribution in [0.25, 0.3) is 33.0 Å². The number of fused-ring (bicyclic) bond motifs is 2. The smallest absolute Gasteiger partial charge is 0.259 e. The van der Waals surface area contributed by atoms with Crippen molar-refractivity contribution in [2.45, 2.75) is 13.2 Å². The number of hydrogen-bond donors (Lipinski definition) is 3. The molecule has 7 heteroatoms. The molecule has 1 aliphatic rings. The van der Waals surface area contributed by atoms with Gasteiger partial charge in [0.2, 0.25) is 0 Å². The summed E-state index contributed by atoms with van der Waals surface area (Å²) in [4.78, 5) is 29.6. The third-order valence-corrected chi connectivity index (χ3v) is 6.53. The van der Waals surface area contributed by atoms with E-state index in [1.54, 1.807) is 6.20 Å². The Labute approximate surface area is 207 Å². The zero-order chi connectivity index (χ0) is 24.6. The lowest BCUT2D eigenvalue weighted by molar-refractivity contribution is -0.122. The van der Waals surface area contributed by atoms with Gasteiger partial charge in [-0.25, -0.2) is 0 Å². The number of benzene rings is 3. The number of imide groups is 1. The minimum atomic E-state index is -0.426. The Morgan fingerprint density at radius 2 is 1.58 bits per heavy atom. The van der Waals surface area contributed by atoms with Gasteiger partial charge in [0.25, 0.3) is 11.8 Å². The number of rotatable bonds is 7. The van der Waals surface area contributed by atoms with Gasteiger partial charge in [-0.2, -0.15) is 0 Å². The number of nitrogens with zero attached hydrogens (tertiary/aromatic N) is 1. The van der Waals surface area contributed by atoms with Gasteiger partial charge in [0.1, 0.15) is 12.4 Å². The van der Waals surface area contributed by atoms with E-state index < -0.39 is 11.8 Å². The fourth-order valence-corrected chi connectivity index (χ4v) is 4.94. The summed E-state index contributed by atoms with van der Waals surface area (Å²) in [5.74, 6) is -0.202. The lowest BCUT2D eigenvalue weighted by Gasteiger charge is -2.10. The highest BCUT2D eigenvalue weighted by Gasteiger charge is 2.35. The van der Waals surface area contributed by atoms with Gasteiger partial charge in [-0.15, -0.1) is 0 Å². The number of amides is 2. The summed E-state index contributed by atoms with van der Waals surface area (Å²) in [5.41, 5.74) is 10.7. The van der Waals surface area contributed by atoms with Gasteiger partial charge in [-0.05, 0) is 23.8 Å². The fourth-order valence-electron chi connectivity index (χ4n) is 4.94. The number of para-hydroxylation sites is 1. The second kappa shape index (κ2) is 8.87. The number of nitrogens with one attached hydrogen (secondary N) is 2. The topological polar surface area (TPSA) is 102 Å². The Morgan fingerprint density at radius 3 is 2.39 bits per heavy atom. The molecular formula is C29H24N4O3. The van der Waals surface area contributed by atoms with Crippen molar-refractivity contribution >= 4 is 44.8 Å². The van der Waals surface area contributed by atoms with Crippen molar-refractivity contribution in [1.82, 2.24) is 14.9 Å². The van der Waals surface area contributed by atoms with Crippen LogP contribution in [0.4, 0.5) is 0 Å². The molecule has 0 spiro atoms. The van der Waals surface area contributed by atoms with Crippen LogP contribution in [0.5, 0.6) is 5.75 Å². The summed E-state index contributed by atoms with van der Waals surface area (Å²) in [6, 6.07) is 23.4. The van der Waals surface area contributed by atoms with Gasteiger partial charge in [0.15, 0.2) is 0 Å². The van der Waals surface area contributed by atoms with Crippen molar-refractivity contribution in [3.8, 4) is 5.75 Å². The van der Waals surface area contributed by atoms with E-state index in [4.69, 9.17) is 10.5 Å². The SMILES string of the molecule is NCCn1cc(C2=C(c3c[nH]c4ccccc34)C(=O)NC2=O)c2c(OCc3ccccc3)cccc21. The number of nitrogens with two attached hydrogens (primary N) is 1. The van der Waals surface area contributed by atoms with Crippen LogP contribution in [-0.4, -0.2) is 27.9 Å². The molecule has 178 valence electrons. The summed E-state index contributed by atoms with van der Waals surface area (Å²) in [6.07, 6.45) is 3.68. The second-order valence-corrected chi connectivity index (χ2v) is 8.73. The van der Waals surface area contributed by atoms with Gasteiger partial charge in [0.05, 0.1) is 16.7 Å². The van der Waals surface area contributed by atoms with Crippen molar-refractivity contribution in [3.05, 3.63) is 102 Å². The van der Waals surface area contributed by atoms with Crippen LogP contribution in [0.1, 0.15) is 16.7 Å². The first-order valence-corrected chi connectivity index (χ1v) is 11.8. The molecule has 0 atom stereocenters. The maximum absolute atomic E-state index is 13.3. The average molecular weight is 477 g/mol. The number of carbonyl (C=O) groups is 2. The van der Waals surface area contributed by atoms with Crippen molar-refractivity contribution in [1.29, 1.82) is 0 Å². The van der Waals surface area contributed by atoms with Gasteiger partial charge in [0, 0.05) is 52.9 Å². The molecule has 1 aliphatic heterocycles. The molecule has 6 rings (SSSR count). The summed E-state index contributed by atoms with van der Waals surface area (Å²) in [5, 5.41) is 4.16. The van der Waals surface area contributed by atoms with Gasteiger partial charge in [-0.3, -0.25) is 14.9 Å². The minimum Gasteiger partial charge on any atom is -0.488 e. The summed E-state index contributed by atoms with van der Waals surface area (Å²) < 4.78 is 8.28. The summed E-state index contributed by atoms with van der Waals surface area (Å²) >= 11 is 0. The molecule has 0 aliphatic carbocycles. The normalized spacial score (nSPS) is 13.7. The highest BCUT2D eigenvalue weighted by Crippen LogP contribution is 2.41. The number of ether oxygens (including phenoxy) is 1. The summed E-state index contributed by atoms with van der Waals surface area (Å²) in [7, 11) is 0. The third kappa shape index (κ3) is 3.57. The van der Waals surface area contributed by atoms with Crippen LogP contribution in [0.15, 0.2) is 85.2 Å². The van der Waals surface area contributed by atoms with Crippen LogP contribution in [0, 0.1) is 0 Å². The van der Waals surface area contributed by atoms with E-state index in [0.29, 0.717) is 47.7 Å². The van der Waals surface area contributed by atoms with E-state index in [1.165, 1.54) is 0 Å². The number of aromatic amines is 1. The van der Waals surface area contributed by atoms with Crippen LogP contribution in [0.2, 0.25) is 0 Å². The molecule has 2 amide bonds. The number of hydrogen-bond acceptors (Lipinski definition) is 4. The van der Waals surface area contributed by atoms with Crippen molar-refractivity contribution in [3.63, 3.8) is 0 Å². The molecule has 4 N–H and O–H groups in total. The van der Waals surface area contributed by atoms with E-state index in [2.05, 4.69) is 10.3 Å². The molecule has 5 aromatic rings. The molecule has 0 saturated heterocycles. The zero-order valence-corrected chi connectivity index (χ0v) is 19.5. The highest BCUT2D eigenvalue weighted by molar-refractivity contribution is 6.51. The van der Waals surface area contributed by atoms with Crippen LogP contribution in [-0.2, 0) is 22.7 Å². The standard InChI is InChI=1S/C29H24N4O3/c30-13-14-33-16-21(25-23(33)11-6-12-24(25)36-17-18-7-2-1-3-8-18)27-26(28(34)32-29(27)35)20-15-31-22-10-5-4-9-19(20)22/h1-12,15-16,31H,13-14,17,30H2,(H,32,34,35). The Morgan fingerprint density at radius 1 is 0.833 bits per heavy atom. The molecule has 3 aromatic carbocycles. The Hall–Kier alpha value is -4.62. The number of carbonyl (C=O) groups excluding carboxylic acids is 2. The summed E-state index contributed by atoms with van der Waals surface area (Å²) in [6.45, 7) is 1.36. The van der Waals surface area contributed by atoms with E-state index in [9.17, 15) is 9.59 Å². The predicted molar refractivity (Wildman–Crippen MR) is 140 cm³/mol. The molecule has 3 heterocycles. The molecular weight excluding hydrogens is 452 g/mol. The molecule has 2 aromatic heterocycles.